The van der Waals surface area contributed by atoms with Crippen molar-refractivity contribution in [1.82, 2.24) is 0 Å². The van der Waals surface area contributed by atoms with E-state index >= 15 is 0 Å². The second-order valence-electron chi connectivity index (χ2n) is 4.29. The first-order valence-electron chi connectivity index (χ1n) is 6.56. The zero-order valence-corrected chi connectivity index (χ0v) is 12.0. The van der Waals surface area contributed by atoms with Crippen LogP contribution < -0.4 is 10.1 Å². The van der Waals surface area contributed by atoms with E-state index < -0.39 is 5.97 Å². The van der Waals surface area contributed by atoms with Crippen molar-refractivity contribution >= 4 is 17.6 Å². The summed E-state index contributed by atoms with van der Waals surface area (Å²) in [6.45, 7) is 0. The van der Waals surface area contributed by atoms with Crippen LogP contribution in [0.15, 0.2) is 66.9 Å². The summed E-state index contributed by atoms with van der Waals surface area (Å²) >= 11 is 0. The third-order valence-corrected chi connectivity index (χ3v) is 2.74. The van der Waals surface area contributed by atoms with E-state index in [4.69, 9.17) is 4.74 Å². The van der Waals surface area contributed by atoms with Crippen molar-refractivity contribution in [1.29, 1.82) is 0 Å². The van der Waals surface area contributed by atoms with E-state index in [1.165, 1.54) is 19.4 Å². The van der Waals surface area contributed by atoms with Gasteiger partial charge in [0.25, 0.3) is 5.91 Å². The number of ether oxygens (including phenoxy) is 2. The lowest BCUT2D eigenvalue weighted by atomic mass is 10.2. The van der Waals surface area contributed by atoms with Crippen LogP contribution in [0.25, 0.3) is 0 Å². The number of methoxy groups -OCH3 is 1. The number of hydrogen-bond donors (Lipinski definition) is 1. The van der Waals surface area contributed by atoms with Crippen LogP contribution in [0.3, 0.4) is 0 Å². The molecule has 1 N–H and O–H groups in total. The van der Waals surface area contributed by atoms with Crippen LogP contribution in [-0.2, 0) is 9.53 Å². The number of carbonyl (C=O) groups excluding carboxylic acids is 2. The number of para-hydroxylation sites is 1. The van der Waals surface area contributed by atoms with Gasteiger partial charge in [-0.05, 0) is 36.4 Å². The van der Waals surface area contributed by atoms with Crippen molar-refractivity contribution in [2.75, 3.05) is 12.4 Å². The van der Waals surface area contributed by atoms with Gasteiger partial charge < -0.3 is 14.8 Å². The number of hydrogen-bond acceptors (Lipinski definition) is 4. The normalized spacial score (nSPS) is 10.2. The predicted molar refractivity (Wildman–Crippen MR) is 82.6 cm³/mol. The Balaban J connectivity index is 1.87. The summed E-state index contributed by atoms with van der Waals surface area (Å²) in [6, 6.07) is 15.5. The molecule has 0 spiro atoms. The molecule has 0 aliphatic carbocycles. The molecule has 0 saturated heterocycles. The van der Waals surface area contributed by atoms with Crippen LogP contribution in [0, 0.1) is 0 Å². The fourth-order valence-electron chi connectivity index (χ4n) is 1.66. The van der Waals surface area contributed by atoms with E-state index in [2.05, 4.69) is 10.1 Å². The van der Waals surface area contributed by atoms with Crippen LogP contribution in [0.4, 0.5) is 5.69 Å². The quantitative estimate of drug-likeness (QED) is 0.523. The standard InChI is InChI=1S/C17H15NO4/c1-21-17(20)13-7-9-14(10-8-13)18-16(19)11-12-22-15-5-3-2-4-6-15/h2-12H,1H3,(H,18,19). The molecular weight excluding hydrogens is 282 g/mol. The molecule has 0 aliphatic rings. The number of anilines is 1. The molecule has 2 aromatic carbocycles. The van der Waals surface area contributed by atoms with E-state index in [1.54, 1.807) is 36.4 Å². The molecule has 0 aromatic heterocycles. The Labute approximate surface area is 128 Å². The zero-order valence-electron chi connectivity index (χ0n) is 12.0. The summed E-state index contributed by atoms with van der Waals surface area (Å²) < 4.78 is 9.88. The highest BCUT2D eigenvalue weighted by Gasteiger charge is 2.05. The number of carbonyl (C=O) groups is 2. The smallest absolute Gasteiger partial charge is 0.337 e. The molecule has 0 aliphatic heterocycles. The van der Waals surface area contributed by atoms with Gasteiger partial charge in [0, 0.05) is 11.8 Å². The molecule has 22 heavy (non-hydrogen) atoms. The minimum Gasteiger partial charge on any atom is -0.465 e. The van der Waals surface area contributed by atoms with Gasteiger partial charge in [-0.25, -0.2) is 4.79 Å². The van der Waals surface area contributed by atoms with Gasteiger partial charge in [0.1, 0.15) is 5.75 Å². The summed E-state index contributed by atoms with van der Waals surface area (Å²) in [7, 11) is 1.32. The number of nitrogens with one attached hydrogen (secondary N) is 1. The summed E-state index contributed by atoms with van der Waals surface area (Å²) in [5.74, 6) is -0.107. The highest BCUT2D eigenvalue weighted by molar-refractivity contribution is 5.99. The van der Waals surface area contributed by atoms with Crippen LogP contribution in [0.5, 0.6) is 5.75 Å². The molecule has 0 atom stereocenters. The maximum atomic E-state index is 11.7. The van der Waals surface area contributed by atoms with Crippen molar-refractivity contribution in [2.24, 2.45) is 0 Å². The molecule has 0 radical (unpaired) electrons. The minimum absolute atomic E-state index is 0.332. The Morgan fingerprint density at radius 3 is 2.32 bits per heavy atom. The van der Waals surface area contributed by atoms with E-state index in [0.717, 1.165) is 0 Å². The van der Waals surface area contributed by atoms with Crippen molar-refractivity contribution < 1.29 is 19.1 Å². The third kappa shape index (κ3) is 4.49. The van der Waals surface area contributed by atoms with E-state index in [0.29, 0.717) is 17.0 Å². The number of benzene rings is 2. The largest absolute Gasteiger partial charge is 0.465 e. The van der Waals surface area contributed by atoms with Gasteiger partial charge in [-0.1, -0.05) is 18.2 Å². The SMILES string of the molecule is COC(=O)c1ccc(NC(=O)C=COc2ccccc2)cc1. The molecule has 5 heteroatoms. The Kier molecular flexibility index (Phi) is 5.31. The predicted octanol–water partition coefficient (Wildman–Crippen LogP) is 3.00. The Morgan fingerprint density at radius 2 is 1.68 bits per heavy atom. The Bertz CT molecular complexity index is 663. The summed E-state index contributed by atoms with van der Waals surface area (Å²) in [4.78, 5) is 23.0. The van der Waals surface area contributed by atoms with Crippen molar-refractivity contribution in [3.8, 4) is 5.75 Å². The second kappa shape index (κ2) is 7.64. The highest BCUT2D eigenvalue weighted by atomic mass is 16.5. The van der Waals surface area contributed by atoms with Gasteiger partial charge in [0.15, 0.2) is 0 Å². The van der Waals surface area contributed by atoms with Crippen LogP contribution >= 0.6 is 0 Å². The van der Waals surface area contributed by atoms with E-state index in [-0.39, 0.29) is 5.91 Å². The van der Waals surface area contributed by atoms with Crippen LogP contribution in [-0.4, -0.2) is 19.0 Å². The molecular formula is C17H15NO4. The maximum Gasteiger partial charge on any atom is 0.337 e. The van der Waals surface area contributed by atoms with Gasteiger partial charge in [-0.15, -0.1) is 0 Å². The van der Waals surface area contributed by atoms with Gasteiger partial charge in [-0.2, -0.15) is 0 Å². The topological polar surface area (TPSA) is 64.6 Å². The lowest BCUT2D eigenvalue weighted by Gasteiger charge is -2.04. The summed E-state index contributed by atoms with van der Waals surface area (Å²) in [6.07, 6.45) is 2.59. The molecule has 5 nitrogen and oxygen atoms in total. The fourth-order valence-corrected chi connectivity index (χ4v) is 1.66. The molecule has 0 unspecified atom stereocenters. The van der Waals surface area contributed by atoms with Crippen molar-refractivity contribution in [3.05, 3.63) is 72.5 Å². The fraction of sp³-hybridized carbons (Fsp3) is 0.0588. The maximum absolute atomic E-state index is 11.7. The Hall–Kier alpha value is -3.08. The average Bonchev–Trinajstić information content (AvgIpc) is 2.56. The van der Waals surface area contributed by atoms with E-state index in [9.17, 15) is 9.59 Å². The van der Waals surface area contributed by atoms with Crippen LogP contribution in [0.1, 0.15) is 10.4 Å². The molecule has 2 rings (SSSR count). The monoisotopic (exact) mass is 297 g/mol. The zero-order chi connectivity index (χ0) is 15.8. The molecule has 0 fully saturated rings. The molecule has 0 saturated carbocycles. The molecule has 1 amide bonds. The molecule has 2 aromatic rings. The third-order valence-electron chi connectivity index (χ3n) is 2.74. The first-order chi connectivity index (χ1) is 10.7. The lowest BCUT2D eigenvalue weighted by molar-refractivity contribution is -0.112. The minimum atomic E-state index is -0.422. The van der Waals surface area contributed by atoms with Crippen molar-refractivity contribution in [2.45, 2.75) is 0 Å². The first kappa shape index (κ1) is 15.3. The highest BCUT2D eigenvalue weighted by Crippen LogP contribution is 2.11. The van der Waals surface area contributed by atoms with Crippen molar-refractivity contribution in [3.63, 3.8) is 0 Å². The second-order valence-corrected chi connectivity index (χ2v) is 4.29. The number of esters is 1. The number of rotatable bonds is 5. The van der Waals surface area contributed by atoms with Gasteiger partial charge in [0.05, 0.1) is 18.9 Å². The number of amides is 1. The van der Waals surface area contributed by atoms with E-state index in [1.807, 2.05) is 18.2 Å². The Morgan fingerprint density at radius 1 is 1.00 bits per heavy atom. The van der Waals surface area contributed by atoms with Gasteiger partial charge >= 0.3 is 5.97 Å². The molecule has 112 valence electrons. The lowest BCUT2D eigenvalue weighted by Crippen LogP contribution is -2.08. The molecule has 0 heterocycles. The summed E-state index contributed by atoms with van der Waals surface area (Å²) in [5.41, 5.74) is 0.991. The average molecular weight is 297 g/mol. The first-order valence-corrected chi connectivity index (χ1v) is 6.56. The van der Waals surface area contributed by atoms with Gasteiger partial charge in [-0.3, -0.25) is 4.79 Å². The molecule has 0 bridgehead atoms. The summed E-state index contributed by atoms with van der Waals surface area (Å²) in [5, 5.41) is 2.65. The van der Waals surface area contributed by atoms with Gasteiger partial charge in [0.2, 0.25) is 0 Å². The van der Waals surface area contributed by atoms with Crippen LogP contribution in [0.2, 0.25) is 0 Å².